The molecule has 0 aliphatic carbocycles. The normalized spacial score (nSPS) is 12.3. The second kappa shape index (κ2) is 9.58. The summed E-state index contributed by atoms with van der Waals surface area (Å²) in [6, 6.07) is 10.2. The fourth-order valence-corrected chi connectivity index (χ4v) is 3.51. The van der Waals surface area contributed by atoms with E-state index >= 15 is 0 Å². The molecule has 2 N–H and O–H groups in total. The van der Waals surface area contributed by atoms with Crippen LogP contribution in [0.3, 0.4) is 0 Å². The molecule has 0 bridgehead atoms. The summed E-state index contributed by atoms with van der Waals surface area (Å²) >= 11 is 17.5. The number of halogens is 3. The molecule has 0 saturated carbocycles. The smallest absolute Gasteiger partial charge is 0.321 e. The van der Waals surface area contributed by atoms with Gasteiger partial charge in [-0.2, -0.15) is 4.72 Å². The molecule has 0 aliphatic rings. The molecule has 1 atom stereocenters. The van der Waals surface area contributed by atoms with Crippen LogP contribution in [0.4, 0.5) is 5.69 Å². The molecule has 0 radical (unpaired) electrons. The van der Waals surface area contributed by atoms with Crippen molar-refractivity contribution in [2.45, 2.75) is 17.9 Å². The summed E-state index contributed by atoms with van der Waals surface area (Å²) in [5.74, 6) is -1.56. The van der Waals surface area contributed by atoms with E-state index in [0.717, 1.165) is 6.07 Å². The molecule has 2 aromatic rings. The summed E-state index contributed by atoms with van der Waals surface area (Å²) in [7, 11) is -4.02. The highest BCUT2D eigenvalue weighted by Gasteiger charge is 2.21. The minimum absolute atomic E-state index is 0.0528. The van der Waals surface area contributed by atoms with Gasteiger partial charge in [0.1, 0.15) is 6.54 Å². The number of nitrogens with one attached hydrogen (secondary N) is 2. The van der Waals surface area contributed by atoms with E-state index in [4.69, 9.17) is 39.5 Å². The lowest BCUT2D eigenvalue weighted by molar-refractivity contribution is -0.151. The Labute approximate surface area is 177 Å². The number of benzene rings is 2. The second-order valence-corrected chi connectivity index (χ2v) is 8.49. The van der Waals surface area contributed by atoms with Crippen LogP contribution >= 0.6 is 34.8 Å². The zero-order valence-corrected chi connectivity index (χ0v) is 17.5. The van der Waals surface area contributed by atoms with E-state index in [2.05, 4.69) is 10.0 Å². The Balaban J connectivity index is 1.91. The van der Waals surface area contributed by atoms with Crippen LogP contribution in [0.5, 0.6) is 0 Å². The topological polar surface area (TPSA) is 102 Å². The Morgan fingerprint density at radius 1 is 1.04 bits per heavy atom. The van der Waals surface area contributed by atoms with Gasteiger partial charge < -0.3 is 10.1 Å². The monoisotopic (exact) mass is 464 g/mol. The Hall–Kier alpha value is -1.84. The fourth-order valence-electron chi connectivity index (χ4n) is 1.97. The van der Waals surface area contributed by atoms with Gasteiger partial charge in [0, 0.05) is 0 Å². The minimum atomic E-state index is -4.02. The quantitative estimate of drug-likeness (QED) is 0.610. The zero-order chi connectivity index (χ0) is 20.9. The molecule has 0 heterocycles. The molecule has 2 aromatic carbocycles. The molecule has 28 heavy (non-hydrogen) atoms. The standard InChI is InChI=1S/C17H15Cl3N2O5S/c1-10(17(24)22-15-5-3-2-4-13(15)19)27-16(23)9-21-28(25,26)11-6-7-12(18)14(20)8-11/h2-8,10,21H,9H2,1H3,(H,22,24). The van der Waals surface area contributed by atoms with E-state index in [1.807, 2.05) is 0 Å². The number of ether oxygens (including phenoxy) is 1. The Bertz CT molecular complexity index is 998. The molecule has 2 rings (SSSR count). The van der Waals surface area contributed by atoms with Crippen LogP contribution in [0, 0.1) is 0 Å². The molecule has 11 heteroatoms. The number of esters is 1. The van der Waals surface area contributed by atoms with Gasteiger partial charge in [-0.25, -0.2) is 8.42 Å². The third-order valence-electron chi connectivity index (χ3n) is 3.42. The molecule has 7 nitrogen and oxygen atoms in total. The van der Waals surface area contributed by atoms with Gasteiger partial charge >= 0.3 is 5.97 Å². The van der Waals surface area contributed by atoms with Crippen molar-refractivity contribution >= 4 is 62.4 Å². The average molecular weight is 466 g/mol. The van der Waals surface area contributed by atoms with Gasteiger partial charge in [-0.05, 0) is 37.3 Å². The first-order valence-electron chi connectivity index (χ1n) is 7.80. The highest BCUT2D eigenvalue weighted by molar-refractivity contribution is 7.89. The summed E-state index contributed by atoms with van der Waals surface area (Å²) < 4.78 is 31.4. The highest BCUT2D eigenvalue weighted by Crippen LogP contribution is 2.24. The van der Waals surface area contributed by atoms with Gasteiger partial charge in [0.2, 0.25) is 10.0 Å². The molecular weight excluding hydrogens is 451 g/mol. The van der Waals surface area contributed by atoms with E-state index in [9.17, 15) is 18.0 Å². The molecule has 0 fully saturated rings. The van der Waals surface area contributed by atoms with Gasteiger partial charge in [0.05, 0.1) is 25.7 Å². The predicted molar refractivity (Wildman–Crippen MR) is 107 cm³/mol. The molecule has 0 aromatic heterocycles. The van der Waals surface area contributed by atoms with Crippen LogP contribution in [-0.4, -0.2) is 32.9 Å². The molecule has 0 aliphatic heterocycles. The Morgan fingerprint density at radius 3 is 2.36 bits per heavy atom. The molecule has 1 unspecified atom stereocenters. The van der Waals surface area contributed by atoms with Gasteiger partial charge in [-0.15, -0.1) is 0 Å². The Morgan fingerprint density at radius 2 is 1.71 bits per heavy atom. The fraction of sp³-hybridized carbons (Fsp3) is 0.176. The van der Waals surface area contributed by atoms with Gasteiger partial charge in [0.15, 0.2) is 6.10 Å². The third-order valence-corrected chi connectivity index (χ3v) is 5.88. The lowest BCUT2D eigenvalue weighted by Crippen LogP contribution is -2.35. The van der Waals surface area contributed by atoms with Crippen LogP contribution in [0.1, 0.15) is 6.92 Å². The van der Waals surface area contributed by atoms with Gasteiger partial charge in [-0.1, -0.05) is 46.9 Å². The largest absolute Gasteiger partial charge is 0.452 e. The third kappa shape index (κ3) is 6.08. The van der Waals surface area contributed by atoms with Crippen molar-refractivity contribution in [1.82, 2.24) is 4.72 Å². The van der Waals surface area contributed by atoms with Crippen molar-refractivity contribution < 1.29 is 22.7 Å². The number of hydrogen-bond acceptors (Lipinski definition) is 5. The predicted octanol–water partition coefficient (Wildman–Crippen LogP) is 3.50. The van der Waals surface area contributed by atoms with E-state index < -0.39 is 34.5 Å². The first-order valence-corrected chi connectivity index (χ1v) is 10.4. The van der Waals surface area contributed by atoms with Gasteiger partial charge in [0.25, 0.3) is 5.91 Å². The second-order valence-electron chi connectivity index (χ2n) is 5.50. The van der Waals surface area contributed by atoms with Gasteiger partial charge in [-0.3, -0.25) is 9.59 Å². The van der Waals surface area contributed by atoms with E-state index in [-0.39, 0.29) is 14.9 Å². The molecular formula is C17H15Cl3N2O5S. The summed E-state index contributed by atoms with van der Waals surface area (Å²) in [6.07, 6.45) is -1.17. The number of rotatable bonds is 7. The number of amides is 1. The number of hydrogen-bond donors (Lipinski definition) is 2. The van der Waals surface area contributed by atoms with Crippen molar-refractivity contribution in [3.8, 4) is 0 Å². The van der Waals surface area contributed by atoms with Crippen molar-refractivity contribution in [3.05, 3.63) is 57.5 Å². The summed E-state index contributed by atoms with van der Waals surface area (Å²) in [6.45, 7) is 0.670. The highest BCUT2D eigenvalue weighted by atomic mass is 35.5. The first-order chi connectivity index (χ1) is 13.1. The number of anilines is 1. The number of sulfonamides is 1. The van der Waals surface area contributed by atoms with Crippen LogP contribution in [-0.2, 0) is 24.3 Å². The SMILES string of the molecule is CC(OC(=O)CNS(=O)(=O)c1ccc(Cl)c(Cl)c1)C(=O)Nc1ccccc1Cl. The van der Waals surface area contributed by atoms with E-state index in [1.54, 1.807) is 24.3 Å². The first kappa shape index (κ1) is 22.4. The maximum absolute atomic E-state index is 12.2. The minimum Gasteiger partial charge on any atom is -0.452 e. The van der Waals surface area contributed by atoms with Crippen molar-refractivity contribution in [2.24, 2.45) is 0 Å². The van der Waals surface area contributed by atoms with Crippen LogP contribution in [0.2, 0.25) is 15.1 Å². The number of carbonyl (C=O) groups is 2. The lowest BCUT2D eigenvalue weighted by atomic mass is 10.3. The maximum Gasteiger partial charge on any atom is 0.321 e. The number of carbonyl (C=O) groups excluding carboxylic acids is 2. The van der Waals surface area contributed by atoms with Crippen molar-refractivity contribution in [2.75, 3.05) is 11.9 Å². The molecule has 1 amide bonds. The van der Waals surface area contributed by atoms with Crippen molar-refractivity contribution in [3.63, 3.8) is 0 Å². The zero-order valence-electron chi connectivity index (χ0n) is 14.4. The molecule has 0 saturated heterocycles. The summed E-state index contributed by atoms with van der Waals surface area (Å²) in [5, 5.41) is 3.08. The van der Waals surface area contributed by atoms with Crippen LogP contribution in [0.25, 0.3) is 0 Å². The molecule has 150 valence electrons. The van der Waals surface area contributed by atoms with Crippen LogP contribution < -0.4 is 10.0 Å². The molecule has 0 spiro atoms. The Kier molecular flexibility index (Phi) is 7.68. The number of para-hydroxylation sites is 1. The summed E-state index contributed by atoms with van der Waals surface area (Å²) in [4.78, 5) is 23.8. The maximum atomic E-state index is 12.2. The van der Waals surface area contributed by atoms with E-state index in [0.29, 0.717) is 10.7 Å². The summed E-state index contributed by atoms with van der Waals surface area (Å²) in [5.41, 5.74) is 0.359. The average Bonchev–Trinajstić information content (AvgIpc) is 2.64. The van der Waals surface area contributed by atoms with Crippen LogP contribution in [0.15, 0.2) is 47.4 Å². The van der Waals surface area contributed by atoms with Crippen molar-refractivity contribution in [1.29, 1.82) is 0 Å². The van der Waals surface area contributed by atoms with E-state index in [1.165, 1.54) is 19.1 Å². The lowest BCUT2D eigenvalue weighted by Gasteiger charge is -2.14.